The standard InChI is InChI=1S/C20H19IN4O3/c21-16-2-1-3-17(10-16)24-19(26)13-28-20(27)15-6-8-25(9-7-15)18-5-4-14(11-22)12-23-18/h1-5,10,12,15H,6-9,13H2,(H,24,26). The Morgan fingerprint density at radius 1 is 1.29 bits per heavy atom. The Labute approximate surface area is 176 Å². The molecule has 2 aromatic rings. The van der Waals surface area contributed by atoms with E-state index < -0.39 is 0 Å². The number of amides is 1. The first-order valence-corrected chi connectivity index (χ1v) is 9.96. The van der Waals surface area contributed by atoms with Crippen molar-refractivity contribution in [3.63, 3.8) is 0 Å². The van der Waals surface area contributed by atoms with E-state index in [-0.39, 0.29) is 24.4 Å². The van der Waals surface area contributed by atoms with E-state index >= 15 is 0 Å². The van der Waals surface area contributed by atoms with Crippen LogP contribution in [0.5, 0.6) is 0 Å². The predicted molar refractivity (Wildman–Crippen MR) is 113 cm³/mol. The van der Waals surface area contributed by atoms with Crippen LogP contribution < -0.4 is 10.2 Å². The zero-order valence-corrected chi connectivity index (χ0v) is 17.3. The molecule has 1 N–H and O–H groups in total. The zero-order valence-electron chi connectivity index (χ0n) is 15.1. The fraction of sp³-hybridized carbons (Fsp3) is 0.300. The van der Waals surface area contributed by atoms with Crippen LogP contribution in [-0.2, 0) is 14.3 Å². The van der Waals surface area contributed by atoms with Crippen LogP contribution >= 0.6 is 22.6 Å². The number of hydrogen-bond donors (Lipinski definition) is 1. The van der Waals surface area contributed by atoms with Gasteiger partial charge in [0.1, 0.15) is 11.9 Å². The van der Waals surface area contributed by atoms with Crippen LogP contribution in [0.3, 0.4) is 0 Å². The highest BCUT2D eigenvalue weighted by molar-refractivity contribution is 14.1. The summed E-state index contributed by atoms with van der Waals surface area (Å²) in [7, 11) is 0. The predicted octanol–water partition coefficient (Wildman–Crippen LogP) is 2.96. The van der Waals surface area contributed by atoms with E-state index in [0.29, 0.717) is 37.2 Å². The highest BCUT2D eigenvalue weighted by Gasteiger charge is 2.27. The summed E-state index contributed by atoms with van der Waals surface area (Å²) in [5.41, 5.74) is 1.20. The van der Waals surface area contributed by atoms with E-state index in [9.17, 15) is 9.59 Å². The van der Waals surface area contributed by atoms with Crippen molar-refractivity contribution in [3.8, 4) is 6.07 Å². The first kappa shape index (κ1) is 20.1. The molecule has 1 aliphatic rings. The highest BCUT2D eigenvalue weighted by atomic mass is 127. The Hall–Kier alpha value is -2.67. The van der Waals surface area contributed by atoms with Crippen LogP contribution in [-0.4, -0.2) is 36.6 Å². The fourth-order valence-electron chi connectivity index (χ4n) is 3.00. The summed E-state index contributed by atoms with van der Waals surface area (Å²) in [5, 5.41) is 11.6. The molecule has 1 fully saturated rings. The number of nitrogens with zero attached hydrogens (tertiary/aromatic N) is 3. The minimum absolute atomic E-state index is 0.222. The number of piperidine rings is 1. The molecule has 1 aromatic heterocycles. The molecule has 28 heavy (non-hydrogen) atoms. The van der Waals surface area contributed by atoms with E-state index in [2.05, 4.69) is 37.8 Å². The number of carbonyl (C=O) groups is 2. The number of ether oxygens (including phenoxy) is 1. The third kappa shape index (κ3) is 5.42. The Morgan fingerprint density at radius 3 is 2.71 bits per heavy atom. The number of rotatable bonds is 5. The summed E-state index contributed by atoms with van der Waals surface area (Å²) in [6.07, 6.45) is 2.82. The average molecular weight is 490 g/mol. The quantitative estimate of drug-likeness (QED) is 0.512. The topological polar surface area (TPSA) is 95.3 Å². The summed E-state index contributed by atoms with van der Waals surface area (Å²) in [5.74, 6) is -0.123. The molecule has 1 saturated heterocycles. The summed E-state index contributed by atoms with van der Waals surface area (Å²) in [6.45, 7) is 1.06. The lowest BCUT2D eigenvalue weighted by Gasteiger charge is -2.31. The second kappa shape index (κ2) is 9.50. The molecule has 0 unspecified atom stereocenters. The van der Waals surface area contributed by atoms with Crippen molar-refractivity contribution in [1.82, 2.24) is 4.98 Å². The zero-order chi connectivity index (χ0) is 19.9. The summed E-state index contributed by atoms with van der Waals surface area (Å²) in [6, 6.07) is 13.0. The highest BCUT2D eigenvalue weighted by Crippen LogP contribution is 2.23. The van der Waals surface area contributed by atoms with Crippen molar-refractivity contribution < 1.29 is 14.3 Å². The molecule has 0 radical (unpaired) electrons. The maximum atomic E-state index is 12.3. The summed E-state index contributed by atoms with van der Waals surface area (Å²) >= 11 is 2.16. The van der Waals surface area contributed by atoms with Crippen molar-refractivity contribution >= 4 is 46.0 Å². The van der Waals surface area contributed by atoms with Gasteiger partial charge >= 0.3 is 5.97 Å². The van der Waals surface area contributed by atoms with Crippen LogP contribution in [0.1, 0.15) is 18.4 Å². The van der Waals surface area contributed by atoms with Gasteiger partial charge in [-0.2, -0.15) is 5.26 Å². The maximum absolute atomic E-state index is 12.3. The Bertz CT molecular complexity index is 887. The van der Waals surface area contributed by atoms with Crippen molar-refractivity contribution in [2.75, 3.05) is 29.9 Å². The number of anilines is 2. The Morgan fingerprint density at radius 2 is 2.07 bits per heavy atom. The number of nitriles is 1. The molecule has 0 spiro atoms. The van der Waals surface area contributed by atoms with Crippen molar-refractivity contribution in [2.24, 2.45) is 5.92 Å². The van der Waals surface area contributed by atoms with Crippen LogP contribution in [0.2, 0.25) is 0 Å². The molecule has 2 heterocycles. The van der Waals surface area contributed by atoms with E-state index in [1.807, 2.05) is 30.3 Å². The summed E-state index contributed by atoms with van der Waals surface area (Å²) < 4.78 is 6.20. The molecule has 0 saturated carbocycles. The molecule has 1 aliphatic heterocycles. The third-order valence-corrected chi connectivity index (χ3v) is 5.15. The molecular formula is C20H19IN4O3. The van der Waals surface area contributed by atoms with Gasteiger partial charge in [-0.15, -0.1) is 0 Å². The molecule has 1 amide bonds. The number of nitrogens with one attached hydrogen (secondary N) is 1. The van der Waals surface area contributed by atoms with Gasteiger partial charge in [0.25, 0.3) is 5.91 Å². The van der Waals surface area contributed by atoms with Crippen molar-refractivity contribution in [2.45, 2.75) is 12.8 Å². The minimum atomic E-state index is -0.352. The van der Waals surface area contributed by atoms with Gasteiger partial charge in [0.2, 0.25) is 0 Å². The number of halogens is 1. The van der Waals surface area contributed by atoms with E-state index in [4.69, 9.17) is 10.00 Å². The van der Waals surface area contributed by atoms with Gasteiger partial charge in [-0.3, -0.25) is 9.59 Å². The number of pyridine rings is 1. The van der Waals surface area contributed by atoms with Gasteiger partial charge in [0.15, 0.2) is 6.61 Å². The van der Waals surface area contributed by atoms with Gasteiger partial charge in [0, 0.05) is 28.5 Å². The molecule has 3 rings (SSSR count). The lowest BCUT2D eigenvalue weighted by Crippen LogP contribution is -2.38. The first-order chi connectivity index (χ1) is 13.5. The van der Waals surface area contributed by atoms with E-state index in [1.165, 1.54) is 0 Å². The van der Waals surface area contributed by atoms with Crippen LogP contribution in [0.25, 0.3) is 0 Å². The minimum Gasteiger partial charge on any atom is -0.455 e. The second-order valence-electron chi connectivity index (χ2n) is 6.44. The lowest BCUT2D eigenvalue weighted by atomic mass is 9.97. The number of hydrogen-bond acceptors (Lipinski definition) is 6. The van der Waals surface area contributed by atoms with E-state index in [0.717, 1.165) is 9.39 Å². The van der Waals surface area contributed by atoms with Gasteiger partial charge < -0.3 is 15.0 Å². The van der Waals surface area contributed by atoms with Gasteiger partial charge in [0.05, 0.1) is 11.5 Å². The molecule has 1 aromatic carbocycles. The molecule has 7 nitrogen and oxygen atoms in total. The number of aromatic nitrogens is 1. The Balaban J connectivity index is 1.43. The average Bonchev–Trinajstić information content (AvgIpc) is 2.72. The molecule has 0 atom stereocenters. The molecule has 0 aliphatic carbocycles. The lowest BCUT2D eigenvalue weighted by molar-refractivity contribution is -0.152. The Kier molecular flexibility index (Phi) is 6.81. The van der Waals surface area contributed by atoms with Crippen LogP contribution in [0.4, 0.5) is 11.5 Å². The SMILES string of the molecule is N#Cc1ccc(N2CCC(C(=O)OCC(=O)Nc3cccc(I)c3)CC2)nc1. The van der Waals surface area contributed by atoms with Crippen LogP contribution in [0, 0.1) is 20.8 Å². The monoisotopic (exact) mass is 490 g/mol. The van der Waals surface area contributed by atoms with Gasteiger partial charge in [-0.25, -0.2) is 4.98 Å². The third-order valence-electron chi connectivity index (χ3n) is 4.48. The second-order valence-corrected chi connectivity index (χ2v) is 7.69. The molecule has 144 valence electrons. The maximum Gasteiger partial charge on any atom is 0.309 e. The number of carbonyl (C=O) groups excluding carboxylic acids is 2. The van der Waals surface area contributed by atoms with Gasteiger partial charge in [-0.1, -0.05) is 6.07 Å². The van der Waals surface area contributed by atoms with Gasteiger partial charge in [-0.05, 0) is 65.8 Å². The fourth-order valence-corrected chi connectivity index (χ4v) is 3.54. The van der Waals surface area contributed by atoms with Crippen molar-refractivity contribution in [1.29, 1.82) is 5.26 Å². The summed E-state index contributed by atoms with van der Waals surface area (Å²) in [4.78, 5) is 30.6. The normalized spacial score (nSPS) is 14.2. The smallest absolute Gasteiger partial charge is 0.309 e. The molecule has 8 heteroatoms. The molecular weight excluding hydrogens is 471 g/mol. The van der Waals surface area contributed by atoms with Crippen molar-refractivity contribution in [3.05, 3.63) is 51.7 Å². The number of benzene rings is 1. The largest absolute Gasteiger partial charge is 0.455 e. The molecule has 0 bridgehead atoms. The van der Waals surface area contributed by atoms with E-state index in [1.54, 1.807) is 18.3 Å². The first-order valence-electron chi connectivity index (χ1n) is 8.88. The number of esters is 1. The van der Waals surface area contributed by atoms with Crippen LogP contribution in [0.15, 0.2) is 42.6 Å².